The van der Waals surface area contributed by atoms with Crippen molar-refractivity contribution in [3.8, 4) is 0 Å². The molecule has 0 radical (unpaired) electrons. The van der Waals surface area contributed by atoms with Crippen LogP contribution < -0.4 is 10.6 Å². The van der Waals surface area contributed by atoms with Gasteiger partial charge in [-0.1, -0.05) is 19.3 Å². The third kappa shape index (κ3) is 6.95. The van der Waals surface area contributed by atoms with Gasteiger partial charge in [0.25, 0.3) is 11.8 Å². The second-order valence-corrected chi connectivity index (χ2v) is 9.64. The number of unbranched alkanes of at least 4 members (excludes halogenated alkanes) is 4. The molecule has 172 valence electrons. The molecule has 0 aromatic carbocycles. The smallest absolute Gasteiger partial charge is 0.332 e. The molecule has 31 heavy (non-hydrogen) atoms. The lowest BCUT2D eigenvalue weighted by Gasteiger charge is -2.16. The van der Waals surface area contributed by atoms with Crippen LogP contribution in [-0.2, 0) is 24.0 Å². The van der Waals surface area contributed by atoms with Crippen molar-refractivity contribution in [1.29, 1.82) is 0 Å². The van der Waals surface area contributed by atoms with Crippen LogP contribution in [0.1, 0.15) is 77.0 Å². The summed E-state index contributed by atoms with van der Waals surface area (Å²) in [6, 6.07) is 0.405. The SMILES string of the molecule is O=C(CCCCCCC(=O)ON1C(=O)CCC1=O)CCCC[C@H]1SCC2NC(=O)NC21. The number of amides is 4. The lowest BCUT2D eigenvalue weighted by molar-refractivity contribution is -0.197. The molecule has 2 N–H and O–H groups in total. The van der Waals surface area contributed by atoms with Gasteiger partial charge in [0.05, 0.1) is 12.1 Å². The molecular formula is C21H31N3O6S. The summed E-state index contributed by atoms with van der Waals surface area (Å²) in [4.78, 5) is 62.7. The fourth-order valence-corrected chi connectivity index (χ4v) is 5.73. The Balaban J connectivity index is 1.15. The second kappa shape index (κ2) is 11.5. The molecule has 0 aliphatic carbocycles. The summed E-state index contributed by atoms with van der Waals surface area (Å²) in [5.41, 5.74) is 0. The van der Waals surface area contributed by atoms with Crippen LogP contribution >= 0.6 is 11.8 Å². The molecule has 0 saturated carbocycles. The molecule has 10 heteroatoms. The third-order valence-corrected chi connectivity index (χ3v) is 7.43. The molecule has 3 aliphatic heterocycles. The number of urea groups is 1. The summed E-state index contributed by atoms with van der Waals surface area (Å²) in [6.45, 7) is 0. The molecule has 3 atom stereocenters. The van der Waals surface area contributed by atoms with E-state index in [4.69, 9.17) is 4.84 Å². The number of nitrogens with zero attached hydrogens (tertiary/aromatic N) is 1. The Hall–Kier alpha value is -2.10. The topological polar surface area (TPSA) is 122 Å². The van der Waals surface area contributed by atoms with Crippen molar-refractivity contribution in [1.82, 2.24) is 15.7 Å². The van der Waals surface area contributed by atoms with Gasteiger partial charge in [0, 0.05) is 43.1 Å². The van der Waals surface area contributed by atoms with Crippen LogP contribution in [0.4, 0.5) is 4.79 Å². The van der Waals surface area contributed by atoms with Crippen molar-refractivity contribution in [2.24, 2.45) is 0 Å². The van der Waals surface area contributed by atoms with Crippen LogP contribution in [0.15, 0.2) is 0 Å². The summed E-state index contributed by atoms with van der Waals surface area (Å²) in [6.07, 6.45) is 7.46. The lowest BCUT2D eigenvalue weighted by Crippen LogP contribution is -2.36. The number of carbonyl (C=O) groups is 5. The summed E-state index contributed by atoms with van der Waals surface area (Å²) < 4.78 is 0. The summed E-state index contributed by atoms with van der Waals surface area (Å²) >= 11 is 1.90. The maximum atomic E-state index is 12.0. The van der Waals surface area contributed by atoms with Gasteiger partial charge in [0.15, 0.2) is 0 Å². The fourth-order valence-electron chi connectivity index (χ4n) is 4.19. The summed E-state index contributed by atoms with van der Waals surface area (Å²) in [7, 11) is 0. The summed E-state index contributed by atoms with van der Waals surface area (Å²) in [5, 5.41) is 6.94. The highest BCUT2D eigenvalue weighted by Gasteiger charge is 2.42. The Morgan fingerprint density at radius 3 is 2.26 bits per heavy atom. The zero-order valence-electron chi connectivity index (χ0n) is 17.7. The van der Waals surface area contributed by atoms with E-state index in [1.165, 1.54) is 0 Å². The number of ketones is 1. The van der Waals surface area contributed by atoms with Crippen LogP contribution in [0.5, 0.6) is 0 Å². The number of rotatable bonds is 13. The van der Waals surface area contributed by atoms with Gasteiger partial charge in [-0.2, -0.15) is 11.8 Å². The maximum Gasteiger partial charge on any atom is 0.333 e. The van der Waals surface area contributed by atoms with Gasteiger partial charge in [-0.25, -0.2) is 9.59 Å². The molecule has 3 saturated heterocycles. The lowest BCUT2D eigenvalue weighted by atomic mass is 10.0. The minimum absolute atomic E-state index is 0.0656. The van der Waals surface area contributed by atoms with E-state index in [0.29, 0.717) is 29.6 Å². The van der Waals surface area contributed by atoms with Crippen LogP contribution in [-0.4, -0.2) is 57.7 Å². The monoisotopic (exact) mass is 453 g/mol. The summed E-state index contributed by atoms with van der Waals surface area (Å²) in [5.74, 6) is -0.271. The first-order chi connectivity index (χ1) is 14.9. The second-order valence-electron chi connectivity index (χ2n) is 8.37. The predicted molar refractivity (Wildman–Crippen MR) is 114 cm³/mol. The van der Waals surface area contributed by atoms with Gasteiger partial charge in [-0.3, -0.25) is 14.4 Å². The highest BCUT2D eigenvalue weighted by Crippen LogP contribution is 2.33. The van der Waals surface area contributed by atoms with Gasteiger partial charge in [0.2, 0.25) is 0 Å². The van der Waals surface area contributed by atoms with Crippen LogP contribution in [0.3, 0.4) is 0 Å². The van der Waals surface area contributed by atoms with E-state index < -0.39 is 17.8 Å². The molecule has 0 aromatic rings. The molecular weight excluding hydrogens is 422 g/mol. The van der Waals surface area contributed by atoms with Gasteiger partial charge in [0.1, 0.15) is 5.78 Å². The highest BCUT2D eigenvalue weighted by molar-refractivity contribution is 8.00. The Bertz CT molecular complexity index is 699. The Labute approximate surface area is 186 Å². The number of Topliss-reactive ketones (excluding diaryl/α,β-unsaturated/α-hetero) is 1. The molecule has 2 unspecified atom stereocenters. The van der Waals surface area contributed by atoms with Gasteiger partial charge < -0.3 is 15.5 Å². The van der Waals surface area contributed by atoms with Crippen molar-refractivity contribution in [3.05, 3.63) is 0 Å². The van der Waals surface area contributed by atoms with Crippen molar-refractivity contribution >= 4 is 41.4 Å². The normalized spacial score (nSPS) is 24.8. The quantitative estimate of drug-likeness (QED) is 0.249. The minimum Gasteiger partial charge on any atom is -0.332 e. The van der Waals surface area contributed by atoms with E-state index in [1.54, 1.807) is 0 Å². The number of nitrogens with one attached hydrogen (secondary N) is 2. The number of fused-ring (bicyclic) bond motifs is 1. The zero-order valence-corrected chi connectivity index (χ0v) is 18.5. The van der Waals surface area contributed by atoms with Crippen molar-refractivity contribution in [3.63, 3.8) is 0 Å². The number of hydrogen-bond donors (Lipinski definition) is 2. The molecule has 4 amide bonds. The van der Waals surface area contributed by atoms with Gasteiger partial charge in [-0.15, -0.1) is 5.06 Å². The molecule has 3 fully saturated rings. The molecule has 3 heterocycles. The molecule has 9 nitrogen and oxygen atoms in total. The van der Waals surface area contributed by atoms with Gasteiger partial charge in [-0.05, 0) is 25.7 Å². The van der Waals surface area contributed by atoms with Crippen LogP contribution in [0.2, 0.25) is 0 Å². The van der Waals surface area contributed by atoms with Crippen LogP contribution in [0.25, 0.3) is 0 Å². The average molecular weight is 454 g/mol. The third-order valence-electron chi connectivity index (χ3n) is 5.92. The van der Waals surface area contributed by atoms with E-state index >= 15 is 0 Å². The molecule has 3 aliphatic rings. The number of carbonyl (C=O) groups excluding carboxylic acids is 5. The number of hydroxylamine groups is 2. The molecule has 0 spiro atoms. The molecule has 0 aromatic heterocycles. The van der Waals surface area contributed by atoms with E-state index in [2.05, 4.69) is 10.6 Å². The number of thioether (sulfide) groups is 1. The van der Waals surface area contributed by atoms with Crippen molar-refractivity contribution in [2.75, 3.05) is 5.75 Å². The first-order valence-corrected chi connectivity index (χ1v) is 12.3. The van der Waals surface area contributed by atoms with Crippen molar-refractivity contribution in [2.45, 2.75) is 94.4 Å². The zero-order chi connectivity index (χ0) is 22.2. The standard InChI is InChI=1S/C21H31N3O6S/c25-14(8-5-6-9-16-20-15(13-31-16)22-21(29)23-20)7-3-1-2-4-10-19(28)30-24-17(26)11-12-18(24)27/h15-16,20H,1-13H2,(H2,22,23,29)/t15?,16-,20?/m1/s1. The fraction of sp³-hybridized carbons (Fsp3) is 0.762. The van der Waals surface area contributed by atoms with E-state index in [-0.39, 0.29) is 43.2 Å². The van der Waals surface area contributed by atoms with Crippen LogP contribution in [0, 0.1) is 0 Å². The first-order valence-electron chi connectivity index (χ1n) is 11.2. The Morgan fingerprint density at radius 2 is 1.55 bits per heavy atom. The van der Waals surface area contributed by atoms with Gasteiger partial charge >= 0.3 is 12.0 Å². The largest absolute Gasteiger partial charge is 0.333 e. The molecule has 0 bridgehead atoms. The predicted octanol–water partition coefficient (Wildman–Crippen LogP) is 2.23. The Kier molecular flexibility index (Phi) is 8.74. The van der Waals surface area contributed by atoms with E-state index in [0.717, 1.165) is 44.3 Å². The first kappa shape index (κ1) is 23.6. The number of imide groups is 1. The Morgan fingerprint density at radius 1 is 0.903 bits per heavy atom. The van der Waals surface area contributed by atoms with Crippen molar-refractivity contribution < 1.29 is 28.8 Å². The molecule has 3 rings (SSSR count). The maximum absolute atomic E-state index is 12.0. The van der Waals surface area contributed by atoms with E-state index in [1.807, 2.05) is 11.8 Å². The minimum atomic E-state index is -0.570. The highest BCUT2D eigenvalue weighted by atomic mass is 32.2. The average Bonchev–Trinajstić information content (AvgIpc) is 3.38. The van der Waals surface area contributed by atoms with E-state index in [9.17, 15) is 24.0 Å². The number of hydrogen-bond acceptors (Lipinski definition) is 7.